The number of nitrogens with one attached hydrogen (secondary N) is 1. The summed E-state index contributed by atoms with van der Waals surface area (Å²) in [5.74, 6) is -0.802. The number of rotatable bonds is 5. The van der Waals surface area contributed by atoms with Gasteiger partial charge in [0.25, 0.3) is 5.91 Å². The third-order valence-electron chi connectivity index (χ3n) is 3.26. The van der Waals surface area contributed by atoms with Crippen molar-refractivity contribution in [2.75, 3.05) is 6.61 Å². The molecule has 112 valence electrons. The first-order valence-corrected chi connectivity index (χ1v) is 7.60. The summed E-state index contributed by atoms with van der Waals surface area (Å²) in [6, 6.07) is 5.14. The van der Waals surface area contributed by atoms with Crippen molar-refractivity contribution >= 4 is 33.4 Å². The van der Waals surface area contributed by atoms with Crippen molar-refractivity contribution in [3.8, 4) is 0 Å². The summed E-state index contributed by atoms with van der Waals surface area (Å²) in [4.78, 5) is 27.8. The van der Waals surface area contributed by atoms with Crippen molar-refractivity contribution < 1.29 is 14.3 Å². The van der Waals surface area contributed by atoms with Crippen LogP contribution in [0, 0.1) is 0 Å². The second kappa shape index (κ2) is 6.22. The summed E-state index contributed by atoms with van der Waals surface area (Å²) in [5, 5.41) is 2.81. The van der Waals surface area contributed by atoms with E-state index < -0.39 is 5.97 Å². The zero-order valence-electron chi connectivity index (χ0n) is 12.3. The minimum atomic E-state index is -0.505. The third-order valence-corrected chi connectivity index (χ3v) is 4.05. The quantitative estimate of drug-likeness (QED) is 0.862. The molecule has 6 heteroatoms. The Hall–Kier alpha value is -1.95. The molecule has 0 fully saturated rings. The molecule has 0 aliphatic rings. The lowest BCUT2D eigenvalue weighted by Crippen LogP contribution is -2.44. The molecule has 1 aromatic carbocycles. The molecule has 0 unspecified atom stereocenters. The van der Waals surface area contributed by atoms with E-state index in [1.807, 2.05) is 20.8 Å². The van der Waals surface area contributed by atoms with E-state index in [2.05, 4.69) is 10.3 Å². The minimum absolute atomic E-state index is 0.275. The van der Waals surface area contributed by atoms with Crippen molar-refractivity contribution in [3.63, 3.8) is 0 Å². The van der Waals surface area contributed by atoms with Gasteiger partial charge in [0, 0.05) is 5.54 Å². The molecule has 1 N–H and O–H groups in total. The number of carbonyl (C=O) groups excluding carboxylic acids is 2. The molecule has 0 aliphatic carbocycles. The fourth-order valence-electron chi connectivity index (χ4n) is 1.70. The molecule has 5 nitrogen and oxygen atoms in total. The number of aromatic nitrogens is 1. The lowest BCUT2D eigenvalue weighted by atomic mass is 10.0. The molecule has 0 aliphatic heterocycles. The molecule has 2 rings (SSSR count). The molecule has 21 heavy (non-hydrogen) atoms. The van der Waals surface area contributed by atoms with Crippen LogP contribution in [0.25, 0.3) is 10.2 Å². The van der Waals surface area contributed by atoms with Crippen molar-refractivity contribution in [3.05, 3.63) is 29.3 Å². The van der Waals surface area contributed by atoms with Gasteiger partial charge in [0.05, 0.1) is 21.3 Å². The Morgan fingerprint density at radius 1 is 1.38 bits per heavy atom. The number of ether oxygens (including phenoxy) is 1. The standard InChI is InChI=1S/C15H18N2O3S/c1-4-15(2,3)17-13(18)8-20-14(19)10-5-6-11-12(7-10)21-9-16-11/h5-7,9H,4,8H2,1-3H3,(H,17,18). The summed E-state index contributed by atoms with van der Waals surface area (Å²) in [7, 11) is 0. The number of nitrogens with zero attached hydrogens (tertiary/aromatic N) is 1. The number of thiazole rings is 1. The van der Waals surface area contributed by atoms with Crippen LogP contribution in [0.15, 0.2) is 23.7 Å². The second-order valence-electron chi connectivity index (χ2n) is 5.40. The van der Waals surface area contributed by atoms with Crippen molar-refractivity contribution in [2.45, 2.75) is 32.7 Å². The van der Waals surface area contributed by atoms with E-state index in [1.165, 1.54) is 11.3 Å². The first kappa shape index (κ1) is 15.4. The number of hydrogen-bond donors (Lipinski definition) is 1. The third kappa shape index (κ3) is 4.01. The molecule has 1 amide bonds. The van der Waals surface area contributed by atoms with Crippen LogP contribution < -0.4 is 5.32 Å². The molecule has 0 bridgehead atoms. The van der Waals surface area contributed by atoms with E-state index in [1.54, 1.807) is 23.7 Å². The van der Waals surface area contributed by atoms with Crippen LogP contribution >= 0.6 is 11.3 Å². The van der Waals surface area contributed by atoms with Crippen molar-refractivity contribution in [1.29, 1.82) is 0 Å². The molecular formula is C15H18N2O3S. The fourth-order valence-corrected chi connectivity index (χ4v) is 2.41. The second-order valence-corrected chi connectivity index (χ2v) is 6.28. The van der Waals surface area contributed by atoms with Gasteiger partial charge in [-0.2, -0.15) is 0 Å². The molecule has 0 atom stereocenters. The monoisotopic (exact) mass is 306 g/mol. The van der Waals surface area contributed by atoms with Crippen LogP contribution in [-0.2, 0) is 9.53 Å². The Bertz CT molecular complexity index is 664. The Balaban J connectivity index is 1.93. The normalized spacial score (nSPS) is 11.4. The molecule has 1 aromatic heterocycles. The van der Waals surface area contributed by atoms with Gasteiger partial charge in [-0.1, -0.05) is 6.92 Å². The zero-order chi connectivity index (χ0) is 15.5. The highest BCUT2D eigenvalue weighted by atomic mass is 32.1. The predicted molar refractivity (Wildman–Crippen MR) is 82.4 cm³/mol. The Kier molecular flexibility index (Phi) is 4.57. The maximum Gasteiger partial charge on any atom is 0.338 e. The Morgan fingerprint density at radius 2 is 2.14 bits per heavy atom. The Morgan fingerprint density at radius 3 is 2.86 bits per heavy atom. The average molecular weight is 306 g/mol. The molecule has 1 heterocycles. The van der Waals surface area contributed by atoms with Gasteiger partial charge >= 0.3 is 5.97 Å². The van der Waals surface area contributed by atoms with Gasteiger partial charge in [-0.15, -0.1) is 11.3 Å². The van der Waals surface area contributed by atoms with E-state index in [-0.39, 0.29) is 18.1 Å². The minimum Gasteiger partial charge on any atom is -0.452 e. The van der Waals surface area contributed by atoms with Gasteiger partial charge < -0.3 is 10.1 Å². The number of benzene rings is 1. The topological polar surface area (TPSA) is 68.3 Å². The van der Waals surface area contributed by atoms with Gasteiger partial charge in [-0.05, 0) is 38.5 Å². The van der Waals surface area contributed by atoms with E-state index in [4.69, 9.17) is 4.74 Å². The Labute approximate surface area is 127 Å². The highest BCUT2D eigenvalue weighted by Gasteiger charge is 2.19. The lowest BCUT2D eigenvalue weighted by Gasteiger charge is -2.24. The van der Waals surface area contributed by atoms with E-state index in [0.717, 1.165) is 16.6 Å². The summed E-state index contributed by atoms with van der Waals surface area (Å²) >= 11 is 1.46. The number of esters is 1. The molecular weight excluding hydrogens is 288 g/mol. The van der Waals surface area contributed by atoms with E-state index in [0.29, 0.717) is 5.56 Å². The fraction of sp³-hybridized carbons (Fsp3) is 0.400. The molecule has 0 saturated heterocycles. The average Bonchev–Trinajstić information content (AvgIpc) is 2.91. The van der Waals surface area contributed by atoms with Crippen molar-refractivity contribution in [2.24, 2.45) is 0 Å². The number of fused-ring (bicyclic) bond motifs is 1. The SMILES string of the molecule is CCC(C)(C)NC(=O)COC(=O)c1ccc2ncsc2c1. The van der Waals surface area contributed by atoms with Gasteiger partial charge in [0.2, 0.25) is 0 Å². The van der Waals surface area contributed by atoms with Crippen molar-refractivity contribution in [1.82, 2.24) is 10.3 Å². The zero-order valence-corrected chi connectivity index (χ0v) is 13.1. The first-order valence-electron chi connectivity index (χ1n) is 6.72. The maximum absolute atomic E-state index is 11.9. The molecule has 0 spiro atoms. The van der Waals surface area contributed by atoms with E-state index in [9.17, 15) is 9.59 Å². The summed E-state index contributed by atoms with van der Waals surface area (Å²) in [5.41, 5.74) is 2.69. The van der Waals surface area contributed by atoms with Crippen LogP contribution in [-0.4, -0.2) is 29.0 Å². The van der Waals surface area contributed by atoms with Gasteiger partial charge in [-0.3, -0.25) is 4.79 Å². The summed E-state index contributed by atoms with van der Waals surface area (Å²) in [6.07, 6.45) is 0.800. The van der Waals surface area contributed by atoms with Crippen LogP contribution in [0.1, 0.15) is 37.6 Å². The number of carbonyl (C=O) groups is 2. The molecule has 0 saturated carbocycles. The summed E-state index contributed by atoms with van der Waals surface area (Å²) in [6.45, 7) is 5.55. The van der Waals surface area contributed by atoms with Crippen LogP contribution in [0.3, 0.4) is 0 Å². The highest BCUT2D eigenvalue weighted by Crippen LogP contribution is 2.19. The smallest absolute Gasteiger partial charge is 0.338 e. The van der Waals surface area contributed by atoms with Crippen LogP contribution in [0.2, 0.25) is 0 Å². The van der Waals surface area contributed by atoms with Gasteiger partial charge in [-0.25, -0.2) is 9.78 Å². The van der Waals surface area contributed by atoms with E-state index >= 15 is 0 Å². The number of amides is 1. The predicted octanol–water partition coefficient (Wildman–Crippen LogP) is 2.76. The van der Waals surface area contributed by atoms with Gasteiger partial charge in [0.15, 0.2) is 6.61 Å². The van der Waals surface area contributed by atoms with Crippen LogP contribution in [0.5, 0.6) is 0 Å². The largest absolute Gasteiger partial charge is 0.452 e. The molecule has 2 aromatic rings. The van der Waals surface area contributed by atoms with Crippen LogP contribution in [0.4, 0.5) is 0 Å². The first-order chi connectivity index (χ1) is 9.91. The summed E-state index contributed by atoms with van der Waals surface area (Å²) < 4.78 is 5.96. The number of hydrogen-bond acceptors (Lipinski definition) is 5. The van der Waals surface area contributed by atoms with Gasteiger partial charge in [0.1, 0.15) is 0 Å². The highest BCUT2D eigenvalue weighted by molar-refractivity contribution is 7.16. The maximum atomic E-state index is 11.9. The molecule has 0 radical (unpaired) electrons. The lowest BCUT2D eigenvalue weighted by molar-refractivity contribution is -0.125.